The van der Waals surface area contributed by atoms with Crippen LogP contribution in [0.5, 0.6) is 0 Å². The molecule has 2 fully saturated rings. The van der Waals surface area contributed by atoms with E-state index in [-0.39, 0.29) is 35.1 Å². The highest BCUT2D eigenvalue weighted by atomic mass is 16.6. The number of esters is 1. The standard InChI is InChI=1S/C22H30O5/c1-12-8-17-15(13(2)11-25-17)9-18-21(4,7-6-16(12)24)19(26-14(3)23)10-20-22(18,5)27-20/h8,11,16,18-20,24H,6-7,9-10H2,1-5H3/b12-8-/t16-,18-,19+,20+,21-,22-/m0/s1. The van der Waals surface area contributed by atoms with Gasteiger partial charge in [0.25, 0.3) is 0 Å². The van der Waals surface area contributed by atoms with Crippen LogP contribution in [0.15, 0.2) is 16.3 Å². The number of furan rings is 1. The summed E-state index contributed by atoms with van der Waals surface area (Å²) < 4.78 is 17.8. The van der Waals surface area contributed by atoms with Crippen molar-refractivity contribution in [1.82, 2.24) is 0 Å². The van der Waals surface area contributed by atoms with Gasteiger partial charge in [-0.3, -0.25) is 4.79 Å². The highest BCUT2D eigenvalue weighted by molar-refractivity contribution is 5.66. The summed E-state index contributed by atoms with van der Waals surface area (Å²) in [6.45, 7) is 9.87. The summed E-state index contributed by atoms with van der Waals surface area (Å²) in [5.74, 6) is 0.754. The van der Waals surface area contributed by atoms with E-state index >= 15 is 0 Å². The largest absolute Gasteiger partial charge is 0.464 e. The number of ether oxygens (including phenoxy) is 2. The maximum absolute atomic E-state index is 11.8. The fourth-order valence-electron chi connectivity index (χ4n) is 5.41. The molecule has 0 amide bonds. The number of aliphatic hydroxyl groups is 1. The third-order valence-electron chi connectivity index (χ3n) is 7.32. The molecule has 3 aliphatic rings. The Kier molecular flexibility index (Phi) is 4.32. The van der Waals surface area contributed by atoms with Crippen molar-refractivity contribution in [3.63, 3.8) is 0 Å². The van der Waals surface area contributed by atoms with Gasteiger partial charge in [0.1, 0.15) is 11.9 Å². The van der Waals surface area contributed by atoms with E-state index in [2.05, 4.69) is 20.8 Å². The molecular formula is C22H30O5. The zero-order valence-corrected chi connectivity index (χ0v) is 16.9. The van der Waals surface area contributed by atoms with Crippen LogP contribution in [-0.4, -0.2) is 35.0 Å². The molecule has 1 aliphatic heterocycles. The summed E-state index contributed by atoms with van der Waals surface area (Å²) in [5, 5.41) is 10.7. The molecule has 0 unspecified atom stereocenters. The summed E-state index contributed by atoms with van der Waals surface area (Å²) >= 11 is 0. The van der Waals surface area contributed by atoms with Crippen molar-refractivity contribution in [3.8, 4) is 0 Å². The average molecular weight is 374 g/mol. The van der Waals surface area contributed by atoms with Crippen molar-refractivity contribution < 1.29 is 23.8 Å². The zero-order valence-electron chi connectivity index (χ0n) is 16.9. The predicted octanol–water partition coefficient (Wildman–Crippen LogP) is 3.80. The van der Waals surface area contributed by atoms with Crippen LogP contribution in [0, 0.1) is 18.3 Å². The van der Waals surface area contributed by atoms with Crippen LogP contribution >= 0.6 is 0 Å². The highest BCUT2D eigenvalue weighted by Gasteiger charge is 2.68. The van der Waals surface area contributed by atoms with Crippen LogP contribution in [0.3, 0.4) is 0 Å². The second-order valence-electron chi connectivity index (χ2n) is 9.09. The number of hydrogen-bond donors (Lipinski definition) is 1. The average Bonchev–Trinajstić information content (AvgIpc) is 3.13. The van der Waals surface area contributed by atoms with Crippen molar-refractivity contribution in [1.29, 1.82) is 0 Å². The normalized spacial score (nSPS) is 42.8. The Morgan fingerprint density at radius 2 is 2.07 bits per heavy atom. The van der Waals surface area contributed by atoms with Crippen LogP contribution in [0.4, 0.5) is 0 Å². The Balaban J connectivity index is 1.81. The molecule has 0 radical (unpaired) electrons. The number of epoxide rings is 1. The molecule has 4 rings (SSSR count). The lowest BCUT2D eigenvalue weighted by Gasteiger charge is -2.48. The van der Waals surface area contributed by atoms with Crippen molar-refractivity contribution in [2.24, 2.45) is 11.3 Å². The van der Waals surface area contributed by atoms with Crippen LogP contribution < -0.4 is 0 Å². The van der Waals surface area contributed by atoms with Crippen molar-refractivity contribution in [2.75, 3.05) is 0 Å². The fraction of sp³-hybridized carbons (Fsp3) is 0.682. The molecule has 6 atom stereocenters. The highest BCUT2D eigenvalue weighted by Crippen LogP contribution is 2.61. The zero-order chi connectivity index (χ0) is 19.6. The summed E-state index contributed by atoms with van der Waals surface area (Å²) in [6.07, 6.45) is 6.09. The summed E-state index contributed by atoms with van der Waals surface area (Å²) in [4.78, 5) is 11.8. The number of aryl methyl sites for hydroxylation is 1. The van der Waals surface area contributed by atoms with Gasteiger partial charge in [0.2, 0.25) is 0 Å². The number of aliphatic hydroxyl groups excluding tert-OH is 1. The first-order valence-electron chi connectivity index (χ1n) is 9.93. The molecule has 1 N–H and O–H groups in total. The third-order valence-corrected chi connectivity index (χ3v) is 7.32. The lowest BCUT2D eigenvalue weighted by molar-refractivity contribution is -0.161. The van der Waals surface area contributed by atoms with Gasteiger partial charge in [0.15, 0.2) is 0 Å². The van der Waals surface area contributed by atoms with E-state index in [4.69, 9.17) is 13.9 Å². The van der Waals surface area contributed by atoms with E-state index in [1.54, 1.807) is 6.26 Å². The smallest absolute Gasteiger partial charge is 0.302 e. The molecule has 1 saturated carbocycles. The first-order chi connectivity index (χ1) is 12.6. The minimum Gasteiger partial charge on any atom is -0.464 e. The summed E-state index contributed by atoms with van der Waals surface area (Å²) in [5.41, 5.74) is 2.70. The second-order valence-corrected chi connectivity index (χ2v) is 9.09. The van der Waals surface area contributed by atoms with Gasteiger partial charge in [0.05, 0.1) is 24.1 Å². The molecule has 2 aliphatic carbocycles. The first kappa shape index (κ1) is 18.8. The fourth-order valence-corrected chi connectivity index (χ4v) is 5.41. The second kappa shape index (κ2) is 6.21. The maximum atomic E-state index is 11.8. The molecule has 1 saturated heterocycles. The van der Waals surface area contributed by atoms with Gasteiger partial charge in [-0.2, -0.15) is 0 Å². The van der Waals surface area contributed by atoms with Gasteiger partial charge >= 0.3 is 5.97 Å². The van der Waals surface area contributed by atoms with Crippen LogP contribution in [0.2, 0.25) is 0 Å². The quantitative estimate of drug-likeness (QED) is 0.598. The molecule has 27 heavy (non-hydrogen) atoms. The Morgan fingerprint density at radius 3 is 2.78 bits per heavy atom. The molecule has 2 heterocycles. The molecule has 0 bridgehead atoms. The molecule has 1 aromatic heterocycles. The van der Waals surface area contributed by atoms with Crippen LogP contribution in [0.25, 0.3) is 6.08 Å². The number of fused-ring (bicyclic) bond motifs is 4. The Morgan fingerprint density at radius 1 is 1.33 bits per heavy atom. The lowest BCUT2D eigenvalue weighted by Crippen LogP contribution is -2.53. The van der Waals surface area contributed by atoms with E-state index in [0.717, 1.165) is 36.2 Å². The van der Waals surface area contributed by atoms with Gasteiger partial charge in [-0.05, 0) is 57.2 Å². The van der Waals surface area contributed by atoms with E-state index in [1.165, 1.54) is 12.5 Å². The third kappa shape index (κ3) is 2.95. The van der Waals surface area contributed by atoms with Crippen LogP contribution in [-0.2, 0) is 20.7 Å². The maximum Gasteiger partial charge on any atom is 0.302 e. The first-order valence-corrected chi connectivity index (χ1v) is 9.93. The molecule has 1 aromatic rings. The Bertz CT molecular complexity index is 793. The van der Waals surface area contributed by atoms with Gasteiger partial charge in [0, 0.05) is 30.2 Å². The Labute approximate surface area is 160 Å². The van der Waals surface area contributed by atoms with Gasteiger partial charge in [-0.25, -0.2) is 0 Å². The molecule has 0 aromatic carbocycles. The molecule has 0 spiro atoms. The van der Waals surface area contributed by atoms with Gasteiger partial charge in [-0.15, -0.1) is 0 Å². The molecular weight excluding hydrogens is 344 g/mol. The molecule has 148 valence electrons. The topological polar surface area (TPSA) is 72.2 Å². The van der Waals surface area contributed by atoms with E-state index in [1.807, 2.05) is 13.0 Å². The van der Waals surface area contributed by atoms with E-state index < -0.39 is 6.10 Å². The SMILES string of the molecule is CC(=O)O[C@@H]1C[C@H]2O[C@@]2(C)[C@H]2Cc3c(C)coc3/C=C(/C)[C@@H](O)CC[C@]12C. The van der Waals surface area contributed by atoms with Crippen molar-refractivity contribution in [3.05, 3.63) is 28.7 Å². The molecule has 5 heteroatoms. The number of hydrogen-bond acceptors (Lipinski definition) is 5. The van der Waals surface area contributed by atoms with Gasteiger partial charge < -0.3 is 19.0 Å². The molecule has 5 nitrogen and oxygen atoms in total. The van der Waals surface area contributed by atoms with Gasteiger partial charge in [-0.1, -0.05) is 6.92 Å². The monoisotopic (exact) mass is 374 g/mol. The Hall–Kier alpha value is -1.59. The van der Waals surface area contributed by atoms with Crippen molar-refractivity contribution >= 4 is 12.0 Å². The number of carbonyl (C=O) groups excluding carboxylic acids is 1. The van der Waals surface area contributed by atoms with Crippen molar-refractivity contribution in [2.45, 2.75) is 84.2 Å². The minimum atomic E-state index is -0.539. The predicted molar refractivity (Wildman–Crippen MR) is 101 cm³/mol. The summed E-state index contributed by atoms with van der Waals surface area (Å²) in [7, 11) is 0. The minimum absolute atomic E-state index is 0.126. The number of rotatable bonds is 1. The summed E-state index contributed by atoms with van der Waals surface area (Å²) in [6, 6.07) is 0. The lowest BCUT2D eigenvalue weighted by atomic mass is 9.57. The van der Waals surface area contributed by atoms with E-state index in [9.17, 15) is 9.90 Å². The van der Waals surface area contributed by atoms with E-state index in [0.29, 0.717) is 6.42 Å². The van der Waals surface area contributed by atoms with Crippen LogP contribution in [0.1, 0.15) is 63.8 Å². The number of carbonyl (C=O) groups is 1.